The van der Waals surface area contributed by atoms with E-state index in [-0.39, 0.29) is 0 Å². The summed E-state index contributed by atoms with van der Waals surface area (Å²) in [6.07, 6.45) is 13.2. The van der Waals surface area contributed by atoms with Crippen LogP contribution in [0.25, 0.3) is 0 Å². The minimum atomic E-state index is 0.464. The average molecular weight is 234 g/mol. The fraction of sp³-hybridized carbons (Fsp3) is 0.733. The van der Waals surface area contributed by atoms with Crippen molar-refractivity contribution in [1.82, 2.24) is 9.88 Å². The average Bonchev–Trinajstić information content (AvgIpc) is 2.85. The number of hydrogen-bond acceptors (Lipinski definition) is 1. The predicted octanol–water partition coefficient (Wildman–Crippen LogP) is 3.74. The summed E-state index contributed by atoms with van der Waals surface area (Å²) >= 11 is 0. The van der Waals surface area contributed by atoms with Crippen molar-refractivity contribution in [2.24, 2.45) is 5.92 Å². The number of aryl methyl sites for hydroxylation is 1. The topological polar surface area (TPSA) is 17.0 Å². The van der Waals surface area contributed by atoms with Crippen molar-refractivity contribution in [2.75, 3.05) is 7.05 Å². The van der Waals surface area contributed by atoms with E-state index in [4.69, 9.17) is 0 Å². The first-order valence-corrected chi connectivity index (χ1v) is 7.12. The second-order valence-electron chi connectivity index (χ2n) is 5.49. The Balaban J connectivity index is 1.80. The van der Waals surface area contributed by atoms with Crippen LogP contribution in [0, 0.1) is 5.92 Å². The predicted molar refractivity (Wildman–Crippen MR) is 73.1 cm³/mol. The number of nitrogens with zero attached hydrogens (tertiary/aromatic N) is 1. The summed E-state index contributed by atoms with van der Waals surface area (Å²) in [4.78, 5) is 0. The SMILES string of the molecule is CNC(C)c1ccn(CCC2CCCCC2)c1. The van der Waals surface area contributed by atoms with Crippen LogP contribution in [0.2, 0.25) is 0 Å². The van der Waals surface area contributed by atoms with Gasteiger partial charge in [0, 0.05) is 25.0 Å². The van der Waals surface area contributed by atoms with Gasteiger partial charge in [-0.05, 0) is 37.9 Å². The Labute approximate surface area is 105 Å². The lowest BCUT2D eigenvalue weighted by Gasteiger charge is -2.21. The van der Waals surface area contributed by atoms with Crippen molar-refractivity contribution in [3.63, 3.8) is 0 Å². The molecule has 1 N–H and O–H groups in total. The standard InChI is InChI=1S/C15H26N2/c1-13(16-2)15-9-11-17(12-15)10-8-14-6-4-3-5-7-14/h9,11-14,16H,3-8,10H2,1-2H3. The maximum atomic E-state index is 3.29. The summed E-state index contributed by atoms with van der Waals surface area (Å²) < 4.78 is 2.36. The lowest BCUT2D eigenvalue weighted by molar-refractivity contribution is 0.324. The molecule has 0 aromatic carbocycles. The lowest BCUT2D eigenvalue weighted by Crippen LogP contribution is -2.12. The molecule has 1 heterocycles. The monoisotopic (exact) mass is 234 g/mol. The third kappa shape index (κ3) is 3.60. The maximum absolute atomic E-state index is 3.29. The molecule has 1 aromatic rings. The summed E-state index contributed by atoms with van der Waals surface area (Å²) in [6.45, 7) is 3.40. The van der Waals surface area contributed by atoms with E-state index < -0.39 is 0 Å². The van der Waals surface area contributed by atoms with Crippen molar-refractivity contribution >= 4 is 0 Å². The van der Waals surface area contributed by atoms with Gasteiger partial charge in [0.15, 0.2) is 0 Å². The highest BCUT2D eigenvalue weighted by atomic mass is 14.9. The molecule has 17 heavy (non-hydrogen) atoms. The fourth-order valence-corrected chi connectivity index (χ4v) is 2.83. The van der Waals surface area contributed by atoms with Gasteiger partial charge >= 0.3 is 0 Å². The van der Waals surface area contributed by atoms with Crippen molar-refractivity contribution in [2.45, 2.75) is 58.0 Å². The molecule has 0 spiro atoms. The molecule has 0 saturated heterocycles. The first kappa shape index (κ1) is 12.7. The molecule has 2 heteroatoms. The Kier molecular flexibility index (Phi) is 4.66. The van der Waals surface area contributed by atoms with Gasteiger partial charge in [-0.2, -0.15) is 0 Å². The molecule has 0 amide bonds. The molecule has 2 nitrogen and oxygen atoms in total. The summed E-state index contributed by atoms with van der Waals surface area (Å²) in [5.74, 6) is 0.983. The Morgan fingerprint density at radius 1 is 1.35 bits per heavy atom. The number of aromatic nitrogens is 1. The van der Waals surface area contributed by atoms with Gasteiger partial charge in [0.25, 0.3) is 0 Å². The van der Waals surface area contributed by atoms with Crippen molar-refractivity contribution in [1.29, 1.82) is 0 Å². The Hall–Kier alpha value is -0.760. The van der Waals surface area contributed by atoms with E-state index in [2.05, 4.69) is 35.3 Å². The molecule has 1 fully saturated rings. The van der Waals surface area contributed by atoms with Crippen LogP contribution in [0.4, 0.5) is 0 Å². The molecule has 1 saturated carbocycles. The van der Waals surface area contributed by atoms with Crippen LogP contribution < -0.4 is 5.32 Å². The van der Waals surface area contributed by atoms with E-state index in [0.717, 1.165) is 5.92 Å². The van der Waals surface area contributed by atoms with Crippen LogP contribution in [-0.4, -0.2) is 11.6 Å². The van der Waals surface area contributed by atoms with Gasteiger partial charge in [0.05, 0.1) is 0 Å². The third-order valence-electron chi connectivity index (χ3n) is 4.23. The molecule has 2 rings (SSSR count). The van der Waals surface area contributed by atoms with E-state index in [9.17, 15) is 0 Å². The first-order valence-electron chi connectivity index (χ1n) is 7.12. The molecular formula is C15H26N2. The van der Waals surface area contributed by atoms with Gasteiger partial charge in [0.1, 0.15) is 0 Å². The van der Waals surface area contributed by atoms with E-state index in [1.807, 2.05) is 7.05 Å². The number of nitrogens with one attached hydrogen (secondary N) is 1. The maximum Gasteiger partial charge on any atom is 0.0304 e. The molecule has 1 unspecified atom stereocenters. The largest absolute Gasteiger partial charge is 0.354 e. The lowest BCUT2D eigenvalue weighted by atomic mass is 9.87. The zero-order valence-corrected chi connectivity index (χ0v) is 11.3. The van der Waals surface area contributed by atoms with E-state index in [1.165, 1.54) is 50.6 Å². The quantitative estimate of drug-likeness (QED) is 0.821. The molecule has 1 aliphatic rings. The van der Waals surface area contributed by atoms with Gasteiger partial charge in [0.2, 0.25) is 0 Å². The van der Waals surface area contributed by atoms with Gasteiger partial charge < -0.3 is 9.88 Å². The molecule has 0 bridgehead atoms. The minimum Gasteiger partial charge on any atom is -0.354 e. The molecule has 1 atom stereocenters. The summed E-state index contributed by atoms with van der Waals surface area (Å²) in [7, 11) is 2.02. The third-order valence-corrected chi connectivity index (χ3v) is 4.23. The second kappa shape index (κ2) is 6.25. The Morgan fingerprint density at radius 3 is 2.82 bits per heavy atom. The molecular weight excluding hydrogens is 208 g/mol. The van der Waals surface area contributed by atoms with E-state index in [1.54, 1.807) is 0 Å². The van der Waals surface area contributed by atoms with Crippen LogP contribution >= 0.6 is 0 Å². The molecule has 1 aliphatic carbocycles. The van der Waals surface area contributed by atoms with Gasteiger partial charge in [-0.25, -0.2) is 0 Å². The summed E-state index contributed by atoms with van der Waals surface area (Å²) in [5.41, 5.74) is 1.40. The minimum absolute atomic E-state index is 0.464. The summed E-state index contributed by atoms with van der Waals surface area (Å²) in [5, 5.41) is 3.29. The number of hydrogen-bond donors (Lipinski definition) is 1. The van der Waals surface area contributed by atoms with Crippen LogP contribution in [0.1, 0.15) is 57.1 Å². The van der Waals surface area contributed by atoms with Crippen LogP contribution in [0.3, 0.4) is 0 Å². The second-order valence-corrected chi connectivity index (χ2v) is 5.49. The van der Waals surface area contributed by atoms with Crippen molar-refractivity contribution in [3.8, 4) is 0 Å². The van der Waals surface area contributed by atoms with Crippen LogP contribution in [0.5, 0.6) is 0 Å². The van der Waals surface area contributed by atoms with Gasteiger partial charge in [-0.15, -0.1) is 0 Å². The highest BCUT2D eigenvalue weighted by Crippen LogP contribution is 2.26. The Morgan fingerprint density at radius 2 is 2.12 bits per heavy atom. The molecule has 96 valence electrons. The zero-order chi connectivity index (χ0) is 12.1. The smallest absolute Gasteiger partial charge is 0.0304 e. The van der Waals surface area contributed by atoms with Gasteiger partial charge in [-0.1, -0.05) is 32.1 Å². The highest BCUT2D eigenvalue weighted by Gasteiger charge is 2.13. The highest BCUT2D eigenvalue weighted by molar-refractivity contribution is 5.14. The van der Waals surface area contributed by atoms with Crippen LogP contribution in [0.15, 0.2) is 18.5 Å². The van der Waals surface area contributed by atoms with Crippen molar-refractivity contribution < 1.29 is 0 Å². The van der Waals surface area contributed by atoms with E-state index >= 15 is 0 Å². The normalized spacial score (nSPS) is 19.4. The number of rotatable bonds is 5. The fourth-order valence-electron chi connectivity index (χ4n) is 2.83. The molecule has 0 aliphatic heterocycles. The van der Waals surface area contributed by atoms with Gasteiger partial charge in [-0.3, -0.25) is 0 Å². The Bertz CT molecular complexity index is 323. The molecule has 1 aromatic heterocycles. The zero-order valence-electron chi connectivity index (χ0n) is 11.3. The van der Waals surface area contributed by atoms with E-state index in [0.29, 0.717) is 6.04 Å². The van der Waals surface area contributed by atoms with Crippen molar-refractivity contribution in [3.05, 3.63) is 24.0 Å². The molecule has 0 radical (unpaired) electrons. The van der Waals surface area contributed by atoms with Crippen LogP contribution in [-0.2, 0) is 6.54 Å². The summed E-state index contributed by atoms with van der Waals surface area (Å²) in [6, 6.07) is 2.70. The first-order chi connectivity index (χ1) is 8.29.